The summed E-state index contributed by atoms with van der Waals surface area (Å²) < 4.78 is 11.1. The number of hydrogen-bond acceptors (Lipinski definition) is 6. The summed E-state index contributed by atoms with van der Waals surface area (Å²) in [6.07, 6.45) is -0.161. The Hall–Kier alpha value is -3.75. The van der Waals surface area contributed by atoms with Crippen molar-refractivity contribution in [2.75, 3.05) is 16.8 Å². The zero-order valence-corrected chi connectivity index (χ0v) is 15.5. The van der Waals surface area contributed by atoms with E-state index in [1.165, 1.54) is 0 Å². The van der Waals surface area contributed by atoms with Crippen molar-refractivity contribution in [1.29, 1.82) is 0 Å². The highest BCUT2D eigenvalue weighted by atomic mass is 16.5. The molecule has 0 saturated heterocycles. The number of carbonyl (C=O) groups is 1. The SMILES string of the molecule is O=C(O)Nc1ccc2c(c1)N(Cc1ccccc1)CC(CCc1n[nH]c(=O)o1)O2. The van der Waals surface area contributed by atoms with Crippen molar-refractivity contribution in [1.82, 2.24) is 10.2 Å². The Labute approximate surface area is 165 Å². The maximum absolute atomic E-state index is 11.1. The van der Waals surface area contributed by atoms with Crippen LogP contribution in [0.4, 0.5) is 16.2 Å². The van der Waals surface area contributed by atoms with Crippen LogP contribution in [0.1, 0.15) is 17.9 Å². The highest BCUT2D eigenvalue weighted by Crippen LogP contribution is 2.37. The van der Waals surface area contributed by atoms with Gasteiger partial charge in [0.1, 0.15) is 11.9 Å². The molecule has 2 heterocycles. The number of benzene rings is 2. The molecule has 1 atom stereocenters. The molecule has 1 aliphatic rings. The second-order valence-electron chi connectivity index (χ2n) is 6.76. The minimum Gasteiger partial charge on any atom is -0.486 e. The van der Waals surface area contributed by atoms with Crippen LogP contribution in [0.2, 0.25) is 0 Å². The second-order valence-corrected chi connectivity index (χ2v) is 6.76. The summed E-state index contributed by atoms with van der Waals surface area (Å²) in [4.78, 5) is 24.2. The number of fused-ring (bicyclic) bond motifs is 1. The molecule has 0 spiro atoms. The number of H-pyrrole nitrogens is 1. The molecule has 1 unspecified atom stereocenters. The van der Waals surface area contributed by atoms with Gasteiger partial charge in [0.25, 0.3) is 0 Å². The molecule has 9 heteroatoms. The molecule has 1 amide bonds. The van der Waals surface area contributed by atoms with Gasteiger partial charge in [0.2, 0.25) is 5.89 Å². The summed E-state index contributed by atoms with van der Waals surface area (Å²) >= 11 is 0. The van der Waals surface area contributed by atoms with Crippen molar-refractivity contribution in [2.24, 2.45) is 0 Å². The highest BCUT2D eigenvalue weighted by molar-refractivity contribution is 5.84. The fourth-order valence-corrected chi connectivity index (χ4v) is 3.38. The number of carboxylic acid groups (broad SMARTS) is 1. The van der Waals surface area contributed by atoms with Crippen LogP contribution in [0, 0.1) is 0 Å². The van der Waals surface area contributed by atoms with E-state index in [0.717, 1.165) is 11.3 Å². The quantitative estimate of drug-likeness (QED) is 0.586. The Morgan fingerprint density at radius 2 is 2.10 bits per heavy atom. The van der Waals surface area contributed by atoms with Gasteiger partial charge in [-0.05, 0) is 30.2 Å². The number of anilines is 2. The van der Waals surface area contributed by atoms with Gasteiger partial charge in [-0.25, -0.2) is 14.7 Å². The van der Waals surface area contributed by atoms with Crippen molar-refractivity contribution in [3.63, 3.8) is 0 Å². The van der Waals surface area contributed by atoms with Crippen LogP contribution in [0.25, 0.3) is 0 Å². The van der Waals surface area contributed by atoms with Gasteiger partial charge in [-0.2, -0.15) is 0 Å². The van der Waals surface area contributed by atoms with E-state index in [2.05, 4.69) is 20.4 Å². The third-order valence-corrected chi connectivity index (χ3v) is 4.65. The molecule has 1 aliphatic heterocycles. The second kappa shape index (κ2) is 8.09. The van der Waals surface area contributed by atoms with Crippen molar-refractivity contribution in [3.8, 4) is 5.75 Å². The number of ether oxygens (including phenoxy) is 1. The number of aryl methyl sites for hydroxylation is 1. The Morgan fingerprint density at radius 1 is 1.28 bits per heavy atom. The number of amides is 1. The molecule has 0 bridgehead atoms. The van der Waals surface area contributed by atoms with Gasteiger partial charge < -0.3 is 19.2 Å². The van der Waals surface area contributed by atoms with E-state index >= 15 is 0 Å². The summed E-state index contributed by atoms with van der Waals surface area (Å²) in [5, 5.41) is 17.5. The summed E-state index contributed by atoms with van der Waals surface area (Å²) in [7, 11) is 0. The predicted octanol–water partition coefficient (Wildman–Crippen LogP) is 2.85. The number of aromatic amines is 1. The molecule has 0 radical (unpaired) electrons. The number of aromatic nitrogens is 2. The lowest BCUT2D eigenvalue weighted by Gasteiger charge is -2.36. The largest absolute Gasteiger partial charge is 0.486 e. The Balaban J connectivity index is 1.56. The summed E-state index contributed by atoms with van der Waals surface area (Å²) in [5.41, 5.74) is 2.44. The lowest BCUT2D eigenvalue weighted by Crippen LogP contribution is -2.40. The van der Waals surface area contributed by atoms with Crippen molar-refractivity contribution >= 4 is 17.5 Å². The molecule has 3 N–H and O–H groups in total. The Morgan fingerprint density at radius 3 is 2.83 bits per heavy atom. The van der Waals surface area contributed by atoms with E-state index in [9.17, 15) is 9.59 Å². The third-order valence-electron chi connectivity index (χ3n) is 4.65. The van der Waals surface area contributed by atoms with Crippen LogP contribution in [0.5, 0.6) is 5.75 Å². The minimum absolute atomic E-state index is 0.133. The molecule has 0 fully saturated rings. The molecule has 1 aromatic heterocycles. The van der Waals surface area contributed by atoms with Gasteiger partial charge in [-0.1, -0.05) is 30.3 Å². The first-order valence-corrected chi connectivity index (χ1v) is 9.21. The number of hydrogen-bond donors (Lipinski definition) is 3. The smallest absolute Gasteiger partial charge is 0.434 e. The van der Waals surface area contributed by atoms with Crippen LogP contribution in [0.3, 0.4) is 0 Å². The molecular formula is C20H20N4O5. The van der Waals surface area contributed by atoms with Crippen LogP contribution in [-0.2, 0) is 13.0 Å². The average molecular weight is 396 g/mol. The summed E-state index contributed by atoms with van der Waals surface area (Å²) in [5.74, 6) is 0.454. The average Bonchev–Trinajstić information content (AvgIpc) is 3.12. The molecule has 4 rings (SSSR count). The van der Waals surface area contributed by atoms with Crippen LogP contribution in [-0.4, -0.2) is 34.0 Å². The van der Waals surface area contributed by atoms with Crippen LogP contribution >= 0.6 is 0 Å². The molecule has 3 aromatic rings. The Kier molecular flexibility index (Phi) is 5.19. The van der Waals surface area contributed by atoms with Crippen LogP contribution < -0.4 is 20.7 Å². The standard InChI is InChI=1S/C20H20N4O5/c25-19(26)21-14-6-8-17-16(10-14)24(11-13-4-2-1-3-5-13)12-15(28-17)7-9-18-22-23-20(27)29-18/h1-6,8,10,15,21H,7,9,11-12H2,(H,23,27)(H,25,26). The molecular weight excluding hydrogens is 376 g/mol. The molecule has 0 aliphatic carbocycles. The van der Waals surface area contributed by atoms with Crippen molar-refractivity contribution < 1.29 is 19.1 Å². The van der Waals surface area contributed by atoms with E-state index < -0.39 is 11.8 Å². The zero-order chi connectivity index (χ0) is 20.2. The topological polar surface area (TPSA) is 121 Å². The number of nitrogens with one attached hydrogen (secondary N) is 2. The van der Waals surface area contributed by atoms with Crippen molar-refractivity contribution in [2.45, 2.75) is 25.5 Å². The van der Waals surface area contributed by atoms with E-state index in [-0.39, 0.29) is 6.10 Å². The molecule has 29 heavy (non-hydrogen) atoms. The molecule has 2 aromatic carbocycles. The lowest BCUT2D eigenvalue weighted by molar-refractivity contribution is 0.180. The van der Waals surface area contributed by atoms with Gasteiger partial charge in [-0.15, -0.1) is 5.10 Å². The van der Waals surface area contributed by atoms with Gasteiger partial charge in [0, 0.05) is 18.7 Å². The number of rotatable bonds is 6. The fraction of sp³-hybridized carbons (Fsp3) is 0.250. The zero-order valence-electron chi connectivity index (χ0n) is 15.5. The molecule has 9 nitrogen and oxygen atoms in total. The first kappa shape index (κ1) is 18.6. The van der Waals surface area contributed by atoms with Crippen LogP contribution in [0.15, 0.2) is 57.7 Å². The highest BCUT2D eigenvalue weighted by Gasteiger charge is 2.26. The first-order chi connectivity index (χ1) is 14.1. The Bertz CT molecular complexity index is 1050. The summed E-state index contributed by atoms with van der Waals surface area (Å²) in [6.45, 7) is 1.26. The maximum Gasteiger partial charge on any atom is 0.434 e. The van der Waals surface area contributed by atoms with E-state index in [1.54, 1.807) is 18.2 Å². The summed E-state index contributed by atoms with van der Waals surface area (Å²) in [6, 6.07) is 15.2. The third kappa shape index (κ3) is 4.57. The van der Waals surface area contributed by atoms with Crippen molar-refractivity contribution in [3.05, 3.63) is 70.5 Å². The van der Waals surface area contributed by atoms with Gasteiger partial charge in [0.15, 0.2) is 0 Å². The normalized spacial score (nSPS) is 15.4. The van der Waals surface area contributed by atoms with E-state index in [4.69, 9.17) is 14.3 Å². The van der Waals surface area contributed by atoms with E-state index in [1.807, 2.05) is 30.3 Å². The minimum atomic E-state index is -1.12. The predicted molar refractivity (Wildman–Crippen MR) is 105 cm³/mol. The van der Waals surface area contributed by atoms with Gasteiger partial charge in [0.05, 0.1) is 12.2 Å². The van der Waals surface area contributed by atoms with Gasteiger partial charge in [-0.3, -0.25) is 5.32 Å². The van der Waals surface area contributed by atoms with Gasteiger partial charge >= 0.3 is 11.8 Å². The van der Waals surface area contributed by atoms with E-state index in [0.29, 0.717) is 43.3 Å². The number of nitrogens with zero attached hydrogens (tertiary/aromatic N) is 2. The maximum atomic E-state index is 11.1. The molecule has 150 valence electrons. The lowest BCUT2D eigenvalue weighted by atomic mass is 10.1. The molecule has 0 saturated carbocycles. The first-order valence-electron chi connectivity index (χ1n) is 9.21. The monoisotopic (exact) mass is 396 g/mol. The fourth-order valence-electron chi connectivity index (χ4n) is 3.38.